The summed E-state index contributed by atoms with van der Waals surface area (Å²) >= 11 is 0. The molecule has 0 fully saturated rings. The molecule has 0 atom stereocenters. The van der Waals surface area contributed by atoms with Gasteiger partial charge in [-0.25, -0.2) is 14.3 Å². The molecular formula is C17H19N5O4S. The predicted molar refractivity (Wildman–Crippen MR) is 98.1 cm³/mol. The Morgan fingerprint density at radius 2 is 1.96 bits per heavy atom. The lowest BCUT2D eigenvalue weighted by molar-refractivity contribution is 0.0379. The SMILES string of the molecule is Cc1cccc(C(=O)OC(C)C)c1NS(=O)(=O)c1nc2nccc(C)n2n1. The van der Waals surface area contributed by atoms with Crippen LogP contribution in [0.25, 0.3) is 5.78 Å². The van der Waals surface area contributed by atoms with Gasteiger partial charge >= 0.3 is 5.97 Å². The number of benzene rings is 1. The second-order valence-electron chi connectivity index (χ2n) is 6.25. The van der Waals surface area contributed by atoms with Crippen LogP contribution in [0.2, 0.25) is 0 Å². The van der Waals surface area contributed by atoms with E-state index in [0.29, 0.717) is 11.3 Å². The number of aryl methyl sites for hydroxylation is 2. The van der Waals surface area contributed by atoms with E-state index in [1.54, 1.807) is 45.9 Å². The standard InChI is InChI=1S/C17H19N5O4S/c1-10(2)26-15(23)13-7-5-6-11(3)14(13)21-27(24,25)17-19-16-18-9-8-12(4)22(16)20-17/h5-10,21H,1-4H3. The third-order valence-electron chi connectivity index (χ3n) is 3.72. The molecule has 0 unspecified atom stereocenters. The molecule has 0 saturated heterocycles. The fraction of sp³-hybridized carbons (Fsp3) is 0.294. The number of esters is 1. The van der Waals surface area contributed by atoms with E-state index in [-0.39, 0.29) is 23.1 Å². The Labute approximate surface area is 156 Å². The Kier molecular flexibility index (Phi) is 4.83. The molecule has 9 nitrogen and oxygen atoms in total. The van der Waals surface area contributed by atoms with Crippen LogP contribution >= 0.6 is 0 Å². The zero-order chi connectivity index (χ0) is 19.8. The number of hydrogen-bond acceptors (Lipinski definition) is 7. The Hall–Kier alpha value is -3.01. The van der Waals surface area contributed by atoms with Crippen LogP contribution in [0.15, 0.2) is 35.6 Å². The van der Waals surface area contributed by atoms with Crippen LogP contribution in [0, 0.1) is 13.8 Å². The van der Waals surface area contributed by atoms with Gasteiger partial charge in [0.15, 0.2) is 0 Å². The number of aromatic nitrogens is 4. The van der Waals surface area contributed by atoms with Crippen LogP contribution in [-0.2, 0) is 14.8 Å². The van der Waals surface area contributed by atoms with Crippen LogP contribution in [0.4, 0.5) is 5.69 Å². The van der Waals surface area contributed by atoms with Crippen LogP contribution in [-0.4, -0.2) is 40.1 Å². The number of para-hydroxylation sites is 1. The molecule has 2 heterocycles. The van der Waals surface area contributed by atoms with Gasteiger partial charge in [-0.1, -0.05) is 12.1 Å². The number of sulfonamides is 1. The Morgan fingerprint density at radius 3 is 2.63 bits per heavy atom. The average molecular weight is 389 g/mol. The van der Waals surface area contributed by atoms with Crippen molar-refractivity contribution in [2.75, 3.05) is 4.72 Å². The second kappa shape index (κ2) is 6.95. The Balaban J connectivity index is 2.03. The summed E-state index contributed by atoms with van der Waals surface area (Å²) in [5.74, 6) is -0.452. The van der Waals surface area contributed by atoms with Gasteiger partial charge in [0.25, 0.3) is 21.0 Å². The summed E-state index contributed by atoms with van der Waals surface area (Å²) in [4.78, 5) is 20.3. The van der Waals surface area contributed by atoms with E-state index in [2.05, 4.69) is 19.8 Å². The molecule has 0 bridgehead atoms. The predicted octanol–water partition coefficient (Wildman–Crippen LogP) is 2.11. The van der Waals surface area contributed by atoms with E-state index in [9.17, 15) is 13.2 Å². The number of anilines is 1. The van der Waals surface area contributed by atoms with Crippen molar-refractivity contribution in [3.8, 4) is 0 Å². The van der Waals surface area contributed by atoms with Gasteiger partial charge in [0.05, 0.1) is 17.4 Å². The van der Waals surface area contributed by atoms with Crippen LogP contribution in [0.3, 0.4) is 0 Å². The maximum atomic E-state index is 12.8. The maximum absolute atomic E-state index is 12.8. The minimum absolute atomic E-state index is 0.116. The fourth-order valence-electron chi connectivity index (χ4n) is 2.43. The molecule has 0 saturated carbocycles. The number of fused-ring (bicyclic) bond motifs is 1. The molecule has 0 radical (unpaired) electrons. The summed E-state index contributed by atoms with van der Waals surface area (Å²) < 4.78 is 34.5. The first-order chi connectivity index (χ1) is 12.7. The molecule has 0 spiro atoms. The van der Waals surface area contributed by atoms with E-state index in [0.717, 1.165) is 0 Å². The molecule has 3 aromatic rings. The molecule has 1 N–H and O–H groups in total. The first-order valence-electron chi connectivity index (χ1n) is 8.21. The fourth-order valence-corrected chi connectivity index (χ4v) is 3.45. The normalized spacial score (nSPS) is 11.7. The van der Waals surface area contributed by atoms with Crippen molar-refractivity contribution in [3.05, 3.63) is 47.3 Å². The smallest absolute Gasteiger partial charge is 0.340 e. The van der Waals surface area contributed by atoms with Crippen LogP contribution in [0.1, 0.15) is 35.5 Å². The zero-order valence-electron chi connectivity index (χ0n) is 15.3. The quantitative estimate of drug-likeness (QED) is 0.664. The zero-order valence-corrected chi connectivity index (χ0v) is 16.1. The lowest BCUT2D eigenvalue weighted by atomic mass is 10.1. The second-order valence-corrected chi connectivity index (χ2v) is 7.83. The largest absolute Gasteiger partial charge is 0.459 e. The minimum Gasteiger partial charge on any atom is -0.459 e. The van der Waals surface area contributed by atoms with Crippen molar-refractivity contribution in [1.82, 2.24) is 19.6 Å². The summed E-state index contributed by atoms with van der Waals surface area (Å²) in [7, 11) is -4.14. The highest BCUT2D eigenvalue weighted by atomic mass is 32.2. The molecule has 3 rings (SSSR count). The Bertz CT molecular complexity index is 1120. The van der Waals surface area contributed by atoms with E-state index >= 15 is 0 Å². The molecule has 0 aliphatic carbocycles. The molecular weight excluding hydrogens is 370 g/mol. The summed E-state index contributed by atoms with van der Waals surface area (Å²) in [5, 5.41) is 3.57. The third-order valence-corrected chi connectivity index (χ3v) is 4.85. The summed E-state index contributed by atoms with van der Waals surface area (Å²) in [6.45, 7) is 6.88. The van der Waals surface area contributed by atoms with E-state index in [4.69, 9.17) is 4.74 Å². The number of nitrogens with one attached hydrogen (secondary N) is 1. The third kappa shape index (κ3) is 3.75. The maximum Gasteiger partial charge on any atom is 0.340 e. The van der Waals surface area contributed by atoms with Gasteiger partial charge in [0, 0.05) is 11.9 Å². The highest BCUT2D eigenvalue weighted by molar-refractivity contribution is 7.92. The molecule has 142 valence electrons. The highest BCUT2D eigenvalue weighted by Gasteiger charge is 2.25. The molecule has 2 aromatic heterocycles. The monoisotopic (exact) mass is 389 g/mol. The number of ether oxygens (including phenoxy) is 1. The van der Waals surface area contributed by atoms with Gasteiger partial charge in [-0.05, 0) is 45.4 Å². The van der Waals surface area contributed by atoms with Crippen molar-refractivity contribution in [1.29, 1.82) is 0 Å². The molecule has 0 aliphatic rings. The van der Waals surface area contributed by atoms with Gasteiger partial charge in [-0.15, -0.1) is 5.10 Å². The van der Waals surface area contributed by atoms with Crippen molar-refractivity contribution in [2.45, 2.75) is 39.0 Å². The number of rotatable bonds is 5. The molecule has 10 heteroatoms. The van der Waals surface area contributed by atoms with Crippen molar-refractivity contribution in [2.24, 2.45) is 0 Å². The number of hydrogen-bond donors (Lipinski definition) is 1. The van der Waals surface area contributed by atoms with E-state index < -0.39 is 21.1 Å². The molecule has 0 aliphatic heterocycles. The topological polar surface area (TPSA) is 116 Å². The summed E-state index contributed by atoms with van der Waals surface area (Å²) in [6.07, 6.45) is 1.18. The number of carbonyl (C=O) groups is 1. The first-order valence-corrected chi connectivity index (χ1v) is 9.69. The molecule has 27 heavy (non-hydrogen) atoms. The summed E-state index contributed by atoms with van der Waals surface area (Å²) in [6, 6.07) is 6.53. The van der Waals surface area contributed by atoms with Gasteiger partial charge in [-0.3, -0.25) is 4.72 Å². The van der Waals surface area contributed by atoms with E-state index in [1.165, 1.54) is 16.8 Å². The minimum atomic E-state index is -4.14. The van der Waals surface area contributed by atoms with Crippen molar-refractivity contribution >= 4 is 27.5 Å². The first kappa shape index (κ1) is 18.8. The van der Waals surface area contributed by atoms with Crippen molar-refractivity contribution < 1.29 is 17.9 Å². The van der Waals surface area contributed by atoms with Crippen molar-refractivity contribution in [3.63, 3.8) is 0 Å². The van der Waals surface area contributed by atoms with Crippen LogP contribution < -0.4 is 4.72 Å². The highest BCUT2D eigenvalue weighted by Crippen LogP contribution is 2.24. The van der Waals surface area contributed by atoms with Gasteiger partial charge in [-0.2, -0.15) is 13.4 Å². The lowest BCUT2D eigenvalue weighted by Gasteiger charge is -2.14. The summed E-state index contributed by atoms with van der Waals surface area (Å²) in [5.41, 5.74) is 1.50. The van der Waals surface area contributed by atoms with Gasteiger partial charge < -0.3 is 4.74 Å². The van der Waals surface area contributed by atoms with E-state index in [1.807, 2.05) is 0 Å². The number of nitrogens with zero attached hydrogens (tertiary/aromatic N) is 4. The average Bonchev–Trinajstić information content (AvgIpc) is 3.02. The lowest BCUT2D eigenvalue weighted by Crippen LogP contribution is -2.20. The van der Waals surface area contributed by atoms with Crippen LogP contribution in [0.5, 0.6) is 0 Å². The molecule has 0 amide bonds. The van der Waals surface area contributed by atoms with Gasteiger partial charge in [0.1, 0.15) is 0 Å². The Morgan fingerprint density at radius 1 is 1.22 bits per heavy atom. The number of carbonyl (C=O) groups excluding carboxylic acids is 1. The molecule has 1 aromatic carbocycles. The van der Waals surface area contributed by atoms with Gasteiger partial charge in [0.2, 0.25) is 0 Å².